The van der Waals surface area contributed by atoms with Gasteiger partial charge < -0.3 is 13.6 Å². The van der Waals surface area contributed by atoms with E-state index < -0.39 is 9.76 Å². The van der Waals surface area contributed by atoms with Crippen LogP contribution in [0.2, 0.25) is 0 Å². The van der Waals surface area contributed by atoms with Crippen molar-refractivity contribution in [1.29, 1.82) is 0 Å². The van der Waals surface area contributed by atoms with Crippen LogP contribution in [-0.4, -0.2) is 22.1 Å². The van der Waals surface area contributed by atoms with Gasteiger partial charge in [0.25, 0.3) is 0 Å². The Hall–Kier alpha value is -0.583. The summed E-state index contributed by atoms with van der Waals surface area (Å²) in [6, 6.07) is 3.83. The van der Waals surface area contributed by atoms with Gasteiger partial charge >= 0.3 is 0 Å². The van der Waals surface area contributed by atoms with Crippen LogP contribution in [0.25, 0.3) is 0 Å². The lowest BCUT2D eigenvalue weighted by Crippen LogP contribution is -2.27. The van der Waals surface area contributed by atoms with Gasteiger partial charge in [0.05, 0.1) is 18.6 Å². The van der Waals surface area contributed by atoms with E-state index in [9.17, 15) is 0 Å². The molecule has 1 unspecified atom stereocenters. The minimum absolute atomic E-state index is 0.429. The fourth-order valence-corrected chi connectivity index (χ4v) is 2.92. The Morgan fingerprint density at radius 2 is 2.50 bits per heavy atom. The minimum Gasteiger partial charge on any atom is -0.467 e. The molecule has 0 saturated carbocycles. The first-order valence-corrected chi connectivity index (χ1v) is 6.56. The second-order valence-electron chi connectivity index (χ2n) is 3.58. The molecular formula is C10H16O3Si. The highest BCUT2D eigenvalue weighted by Gasteiger charge is 2.14. The molecule has 1 aliphatic heterocycles. The summed E-state index contributed by atoms with van der Waals surface area (Å²) in [4.78, 5) is 0. The van der Waals surface area contributed by atoms with Gasteiger partial charge in [0, 0.05) is 6.61 Å². The zero-order valence-electron chi connectivity index (χ0n) is 8.28. The maximum absolute atomic E-state index is 5.64. The average Bonchev–Trinajstić information content (AvgIpc) is 2.72. The SMILES string of the molecule is c1coc(CO[SiH2]C2CCCCO2)c1. The normalized spacial score (nSPS) is 23.3. The largest absolute Gasteiger partial charge is 0.467 e. The molecule has 3 nitrogen and oxygen atoms in total. The third kappa shape index (κ3) is 2.97. The summed E-state index contributed by atoms with van der Waals surface area (Å²) in [5.74, 6) is 0.910. The summed E-state index contributed by atoms with van der Waals surface area (Å²) in [5.41, 5.74) is 0.429. The van der Waals surface area contributed by atoms with Gasteiger partial charge in [-0.05, 0) is 31.4 Å². The van der Waals surface area contributed by atoms with Crippen molar-refractivity contribution in [2.24, 2.45) is 0 Å². The van der Waals surface area contributed by atoms with Gasteiger partial charge in [0.1, 0.15) is 5.76 Å². The van der Waals surface area contributed by atoms with Crippen molar-refractivity contribution in [2.75, 3.05) is 6.61 Å². The number of ether oxygens (including phenoxy) is 1. The molecule has 1 saturated heterocycles. The van der Waals surface area contributed by atoms with E-state index in [1.165, 1.54) is 19.3 Å². The summed E-state index contributed by atoms with van der Waals surface area (Å²) in [5, 5.41) is 0. The Morgan fingerprint density at radius 1 is 1.50 bits per heavy atom. The van der Waals surface area contributed by atoms with Crippen molar-refractivity contribution in [3.63, 3.8) is 0 Å². The van der Waals surface area contributed by atoms with E-state index in [-0.39, 0.29) is 0 Å². The van der Waals surface area contributed by atoms with Crippen LogP contribution in [0.4, 0.5) is 0 Å². The molecular weight excluding hydrogens is 196 g/mol. The van der Waals surface area contributed by atoms with E-state index >= 15 is 0 Å². The lowest BCUT2D eigenvalue weighted by Gasteiger charge is -2.21. The predicted molar refractivity (Wildman–Crippen MR) is 55.6 cm³/mol. The highest BCUT2D eigenvalue weighted by molar-refractivity contribution is 6.29. The lowest BCUT2D eigenvalue weighted by atomic mass is 10.2. The summed E-state index contributed by atoms with van der Waals surface area (Å²) in [6.07, 6.45) is 5.37. The first-order valence-electron chi connectivity index (χ1n) is 5.17. The molecule has 0 spiro atoms. The molecule has 0 aromatic carbocycles. The Kier molecular flexibility index (Phi) is 3.79. The average molecular weight is 212 g/mol. The zero-order valence-corrected chi connectivity index (χ0v) is 9.69. The third-order valence-electron chi connectivity index (χ3n) is 2.40. The lowest BCUT2D eigenvalue weighted by molar-refractivity contribution is 0.0537. The van der Waals surface area contributed by atoms with Crippen molar-refractivity contribution in [3.8, 4) is 0 Å². The first kappa shape index (κ1) is 9.95. The first-order chi connectivity index (χ1) is 6.95. The van der Waals surface area contributed by atoms with Crippen molar-refractivity contribution < 1.29 is 13.6 Å². The fourth-order valence-electron chi connectivity index (χ4n) is 1.62. The van der Waals surface area contributed by atoms with Crippen LogP contribution < -0.4 is 0 Å². The molecule has 0 radical (unpaired) electrons. The fraction of sp³-hybridized carbons (Fsp3) is 0.600. The van der Waals surface area contributed by atoms with Gasteiger partial charge in [-0.25, -0.2) is 0 Å². The molecule has 2 heterocycles. The van der Waals surface area contributed by atoms with Gasteiger partial charge in [-0.1, -0.05) is 0 Å². The van der Waals surface area contributed by atoms with E-state index in [1.807, 2.05) is 12.1 Å². The second kappa shape index (κ2) is 5.34. The molecule has 1 aromatic rings. The summed E-state index contributed by atoms with van der Waals surface area (Å²) in [7, 11) is -0.539. The molecule has 0 bridgehead atoms. The third-order valence-corrected chi connectivity index (χ3v) is 3.86. The summed E-state index contributed by atoms with van der Waals surface area (Å²) in [6.45, 7) is 1.53. The molecule has 1 atom stereocenters. The molecule has 0 amide bonds. The highest BCUT2D eigenvalue weighted by Crippen LogP contribution is 2.12. The van der Waals surface area contributed by atoms with Crippen LogP contribution in [0, 0.1) is 0 Å². The van der Waals surface area contributed by atoms with E-state index in [0.717, 1.165) is 12.4 Å². The molecule has 2 rings (SSSR count). The number of furan rings is 1. The van der Waals surface area contributed by atoms with Crippen molar-refractivity contribution >= 4 is 9.76 Å². The van der Waals surface area contributed by atoms with Gasteiger partial charge in [0.2, 0.25) is 0 Å². The van der Waals surface area contributed by atoms with Gasteiger partial charge in [-0.15, -0.1) is 0 Å². The van der Waals surface area contributed by atoms with Gasteiger partial charge in [-0.2, -0.15) is 0 Å². The van der Waals surface area contributed by atoms with E-state index in [4.69, 9.17) is 13.6 Å². The van der Waals surface area contributed by atoms with E-state index in [2.05, 4.69) is 0 Å². The van der Waals surface area contributed by atoms with Crippen molar-refractivity contribution in [3.05, 3.63) is 24.2 Å². The van der Waals surface area contributed by atoms with Crippen LogP contribution in [0.15, 0.2) is 22.8 Å². The zero-order chi connectivity index (χ0) is 9.64. The van der Waals surface area contributed by atoms with Crippen LogP contribution in [0.3, 0.4) is 0 Å². The Bertz CT molecular complexity index is 242. The standard InChI is InChI=1S/C10H16O3Si/c1-2-6-12-10(5-1)14-13-8-9-4-3-7-11-9/h3-4,7,10H,1-2,5-6,8,14H2. The summed E-state index contributed by atoms with van der Waals surface area (Å²) >= 11 is 0. The monoisotopic (exact) mass is 212 g/mol. The molecule has 1 aromatic heterocycles. The van der Waals surface area contributed by atoms with Crippen molar-refractivity contribution in [1.82, 2.24) is 0 Å². The number of hydrogen-bond acceptors (Lipinski definition) is 3. The maximum Gasteiger partial charge on any atom is 0.191 e. The molecule has 14 heavy (non-hydrogen) atoms. The molecule has 4 heteroatoms. The molecule has 1 fully saturated rings. The topological polar surface area (TPSA) is 31.6 Å². The van der Waals surface area contributed by atoms with Gasteiger partial charge in [0.15, 0.2) is 9.76 Å². The molecule has 0 N–H and O–H groups in total. The van der Waals surface area contributed by atoms with Gasteiger partial charge in [-0.3, -0.25) is 0 Å². The molecule has 78 valence electrons. The minimum atomic E-state index is -0.539. The van der Waals surface area contributed by atoms with Crippen LogP contribution >= 0.6 is 0 Å². The van der Waals surface area contributed by atoms with Crippen molar-refractivity contribution in [2.45, 2.75) is 31.6 Å². The second-order valence-corrected chi connectivity index (χ2v) is 5.24. The number of hydrogen-bond donors (Lipinski definition) is 0. The van der Waals surface area contributed by atoms with Crippen LogP contribution in [0.1, 0.15) is 25.0 Å². The quantitative estimate of drug-likeness (QED) is 0.707. The van der Waals surface area contributed by atoms with Crippen LogP contribution in [0.5, 0.6) is 0 Å². The van der Waals surface area contributed by atoms with E-state index in [1.54, 1.807) is 6.26 Å². The smallest absolute Gasteiger partial charge is 0.191 e. The van der Waals surface area contributed by atoms with Crippen LogP contribution in [-0.2, 0) is 15.8 Å². The summed E-state index contributed by atoms with van der Waals surface area (Å²) < 4.78 is 16.4. The molecule has 1 aliphatic rings. The Balaban J connectivity index is 1.62. The Morgan fingerprint density at radius 3 is 3.21 bits per heavy atom. The highest BCUT2D eigenvalue weighted by atomic mass is 28.2. The number of rotatable bonds is 4. The maximum atomic E-state index is 5.64. The van der Waals surface area contributed by atoms with E-state index in [0.29, 0.717) is 12.3 Å². The molecule has 0 aliphatic carbocycles. The Labute approximate surface area is 86.3 Å². The predicted octanol–water partition coefficient (Wildman–Crippen LogP) is 1.41.